The van der Waals surface area contributed by atoms with Crippen LogP contribution in [0.1, 0.15) is 11.1 Å². The van der Waals surface area contributed by atoms with Gasteiger partial charge in [-0.1, -0.05) is 51.8 Å². The number of hydrogen-bond acceptors (Lipinski definition) is 3. The highest BCUT2D eigenvalue weighted by molar-refractivity contribution is 9.10. The van der Waals surface area contributed by atoms with Gasteiger partial charge in [-0.3, -0.25) is 4.79 Å². The van der Waals surface area contributed by atoms with E-state index in [0.717, 1.165) is 26.5 Å². The molecule has 0 radical (unpaired) electrons. The average molecular weight is 509 g/mol. The first-order valence-corrected chi connectivity index (χ1v) is 11.5. The van der Waals surface area contributed by atoms with E-state index >= 15 is 0 Å². The number of nitrogens with zero attached hydrogens (tertiary/aromatic N) is 1. The summed E-state index contributed by atoms with van der Waals surface area (Å²) in [5.74, 6) is -2.76. The van der Waals surface area contributed by atoms with E-state index in [-0.39, 0.29) is 11.4 Å². The Kier molecular flexibility index (Phi) is 7.19. The van der Waals surface area contributed by atoms with E-state index in [9.17, 15) is 22.0 Å². The third-order valence-corrected chi connectivity index (χ3v) is 6.81. The van der Waals surface area contributed by atoms with Gasteiger partial charge in [-0.2, -0.15) is 4.31 Å². The molecule has 3 rings (SSSR count). The van der Waals surface area contributed by atoms with Gasteiger partial charge in [0, 0.05) is 11.0 Å². The van der Waals surface area contributed by atoms with Crippen molar-refractivity contribution in [3.8, 4) is 0 Å². The topological polar surface area (TPSA) is 66.5 Å². The summed E-state index contributed by atoms with van der Waals surface area (Å²) < 4.78 is 56.0. The van der Waals surface area contributed by atoms with Crippen molar-refractivity contribution >= 4 is 37.5 Å². The molecule has 1 N–H and O–H groups in total. The van der Waals surface area contributed by atoms with E-state index in [0.29, 0.717) is 5.56 Å². The molecular weight excluding hydrogens is 490 g/mol. The lowest BCUT2D eigenvalue weighted by Gasteiger charge is -2.22. The van der Waals surface area contributed by atoms with E-state index in [1.807, 2.05) is 6.92 Å². The summed E-state index contributed by atoms with van der Waals surface area (Å²) in [5, 5.41) is 2.13. The molecule has 5 nitrogen and oxygen atoms in total. The number of rotatable bonds is 7. The molecular formula is C22H19BrF2N2O3S. The number of halogens is 3. The second-order valence-electron chi connectivity index (χ2n) is 6.86. The normalized spacial score (nSPS) is 11.5. The summed E-state index contributed by atoms with van der Waals surface area (Å²) in [6.07, 6.45) is 0. The van der Waals surface area contributed by atoms with Crippen molar-refractivity contribution < 1.29 is 22.0 Å². The SMILES string of the molecule is Cc1ccc(S(=O)(=O)N(CC(=O)Nc2c(F)cccc2F)Cc2ccc(Br)cc2)cc1. The number of nitrogens with one attached hydrogen (secondary N) is 1. The minimum absolute atomic E-state index is 0.0140. The van der Waals surface area contributed by atoms with Crippen LogP contribution in [0, 0.1) is 18.6 Å². The molecule has 0 saturated carbocycles. The minimum atomic E-state index is -4.06. The molecule has 9 heteroatoms. The summed E-state index contributed by atoms with van der Waals surface area (Å²) >= 11 is 3.32. The highest BCUT2D eigenvalue weighted by Gasteiger charge is 2.27. The van der Waals surface area contributed by atoms with E-state index in [1.54, 1.807) is 36.4 Å². The molecule has 1 amide bonds. The summed E-state index contributed by atoms with van der Waals surface area (Å²) in [6.45, 7) is 1.10. The molecule has 0 bridgehead atoms. The molecule has 0 aliphatic heterocycles. The number of benzene rings is 3. The first kappa shape index (κ1) is 23.1. The van der Waals surface area contributed by atoms with Gasteiger partial charge in [0.25, 0.3) is 0 Å². The van der Waals surface area contributed by atoms with E-state index in [4.69, 9.17) is 0 Å². The fraction of sp³-hybridized carbons (Fsp3) is 0.136. The van der Waals surface area contributed by atoms with Crippen LogP contribution in [0.5, 0.6) is 0 Å². The van der Waals surface area contributed by atoms with E-state index in [1.165, 1.54) is 18.2 Å². The quantitative estimate of drug-likeness (QED) is 0.495. The largest absolute Gasteiger partial charge is 0.320 e. The summed E-state index contributed by atoms with van der Waals surface area (Å²) in [6, 6.07) is 16.3. The second-order valence-corrected chi connectivity index (χ2v) is 9.71. The Balaban J connectivity index is 1.90. The predicted octanol–water partition coefficient (Wildman–Crippen LogP) is 4.87. The summed E-state index contributed by atoms with van der Waals surface area (Å²) in [4.78, 5) is 12.6. The third kappa shape index (κ3) is 5.75. The van der Waals surface area contributed by atoms with Crippen LogP contribution in [0.15, 0.2) is 76.1 Å². The zero-order valence-corrected chi connectivity index (χ0v) is 18.9. The molecule has 0 unspecified atom stereocenters. The molecule has 0 spiro atoms. The number of para-hydroxylation sites is 1. The van der Waals surface area contributed by atoms with Gasteiger partial charge in [-0.05, 0) is 48.9 Å². The van der Waals surface area contributed by atoms with Gasteiger partial charge >= 0.3 is 0 Å². The van der Waals surface area contributed by atoms with E-state index < -0.39 is 39.8 Å². The van der Waals surface area contributed by atoms with Crippen LogP contribution in [0.25, 0.3) is 0 Å². The van der Waals surface area contributed by atoms with Gasteiger partial charge in [0.2, 0.25) is 15.9 Å². The van der Waals surface area contributed by atoms with Crippen LogP contribution < -0.4 is 5.32 Å². The maximum Gasteiger partial charge on any atom is 0.243 e. The Morgan fingerprint density at radius 2 is 1.55 bits per heavy atom. The van der Waals surface area contributed by atoms with Gasteiger partial charge in [0.15, 0.2) is 0 Å². The Morgan fingerprint density at radius 3 is 2.13 bits per heavy atom. The Hall–Kier alpha value is -2.62. The van der Waals surface area contributed by atoms with Crippen LogP contribution in [-0.4, -0.2) is 25.2 Å². The molecule has 162 valence electrons. The Labute approximate surface area is 187 Å². The van der Waals surface area contributed by atoms with Crippen LogP contribution in [0.4, 0.5) is 14.5 Å². The number of amides is 1. The lowest BCUT2D eigenvalue weighted by atomic mass is 10.2. The van der Waals surface area contributed by atoms with Crippen molar-refractivity contribution in [3.63, 3.8) is 0 Å². The number of aryl methyl sites for hydroxylation is 1. The fourth-order valence-corrected chi connectivity index (χ4v) is 4.48. The second kappa shape index (κ2) is 9.67. The number of hydrogen-bond donors (Lipinski definition) is 1. The van der Waals surface area contributed by atoms with Gasteiger partial charge < -0.3 is 5.32 Å². The molecule has 0 aromatic heterocycles. The molecule has 31 heavy (non-hydrogen) atoms. The van der Waals surface area contributed by atoms with Gasteiger partial charge in [-0.15, -0.1) is 0 Å². The van der Waals surface area contributed by atoms with Crippen LogP contribution in [-0.2, 0) is 21.4 Å². The smallest absolute Gasteiger partial charge is 0.243 e. The highest BCUT2D eigenvalue weighted by Crippen LogP contribution is 2.22. The Bertz CT molecular complexity index is 1160. The summed E-state index contributed by atoms with van der Waals surface area (Å²) in [5.41, 5.74) is 0.902. The third-order valence-electron chi connectivity index (χ3n) is 4.48. The first-order valence-electron chi connectivity index (χ1n) is 9.22. The lowest BCUT2D eigenvalue weighted by Crippen LogP contribution is -2.37. The molecule has 3 aromatic rings. The average Bonchev–Trinajstić information content (AvgIpc) is 2.72. The number of carbonyl (C=O) groups is 1. The Morgan fingerprint density at radius 1 is 0.968 bits per heavy atom. The molecule has 0 aliphatic carbocycles. The van der Waals surface area contributed by atoms with Crippen molar-refractivity contribution in [2.45, 2.75) is 18.4 Å². The maximum atomic E-state index is 13.9. The zero-order valence-electron chi connectivity index (χ0n) is 16.5. The van der Waals surface area contributed by atoms with Crippen molar-refractivity contribution in [1.29, 1.82) is 0 Å². The molecule has 0 atom stereocenters. The number of carbonyl (C=O) groups excluding carboxylic acids is 1. The van der Waals surface area contributed by atoms with Gasteiger partial charge in [-0.25, -0.2) is 17.2 Å². The van der Waals surface area contributed by atoms with Crippen molar-refractivity contribution in [3.05, 3.63) is 94.0 Å². The van der Waals surface area contributed by atoms with Crippen molar-refractivity contribution in [2.24, 2.45) is 0 Å². The predicted molar refractivity (Wildman–Crippen MR) is 118 cm³/mol. The monoisotopic (exact) mass is 508 g/mol. The minimum Gasteiger partial charge on any atom is -0.320 e. The van der Waals surface area contributed by atoms with Gasteiger partial charge in [0.05, 0.1) is 11.4 Å². The first-order chi connectivity index (χ1) is 14.7. The van der Waals surface area contributed by atoms with Crippen molar-refractivity contribution in [1.82, 2.24) is 4.31 Å². The van der Waals surface area contributed by atoms with Gasteiger partial charge in [0.1, 0.15) is 17.3 Å². The van der Waals surface area contributed by atoms with Crippen LogP contribution in [0.3, 0.4) is 0 Å². The maximum absolute atomic E-state index is 13.9. The molecule has 0 heterocycles. The zero-order chi connectivity index (χ0) is 22.6. The molecule has 3 aromatic carbocycles. The fourth-order valence-electron chi connectivity index (χ4n) is 2.83. The molecule has 0 aliphatic rings. The highest BCUT2D eigenvalue weighted by atomic mass is 79.9. The van der Waals surface area contributed by atoms with E-state index in [2.05, 4.69) is 21.2 Å². The van der Waals surface area contributed by atoms with Crippen LogP contribution in [0.2, 0.25) is 0 Å². The standard InChI is InChI=1S/C22H19BrF2N2O3S/c1-15-5-11-18(12-6-15)31(29,30)27(13-16-7-9-17(23)10-8-16)14-21(28)26-22-19(24)3-2-4-20(22)25/h2-12H,13-14H2,1H3,(H,26,28). The number of anilines is 1. The summed E-state index contributed by atoms with van der Waals surface area (Å²) in [7, 11) is -4.06. The van der Waals surface area contributed by atoms with Crippen molar-refractivity contribution in [2.75, 3.05) is 11.9 Å². The van der Waals surface area contributed by atoms with Crippen LogP contribution >= 0.6 is 15.9 Å². The molecule has 0 fully saturated rings. The molecule has 0 saturated heterocycles. The lowest BCUT2D eigenvalue weighted by molar-refractivity contribution is -0.116. The number of sulfonamides is 1.